The molecule has 5 nitrogen and oxygen atoms in total. The van der Waals surface area contributed by atoms with Gasteiger partial charge in [0.15, 0.2) is 0 Å². The van der Waals surface area contributed by atoms with Crippen molar-refractivity contribution in [1.29, 1.82) is 0 Å². The van der Waals surface area contributed by atoms with E-state index in [9.17, 15) is 0 Å². The van der Waals surface area contributed by atoms with Gasteiger partial charge in [-0.2, -0.15) is 5.10 Å². The molecule has 0 bridgehead atoms. The molecule has 25 heavy (non-hydrogen) atoms. The highest BCUT2D eigenvalue weighted by atomic mass is 16.5. The van der Waals surface area contributed by atoms with Gasteiger partial charge in [0.2, 0.25) is 0 Å². The van der Waals surface area contributed by atoms with E-state index in [1.54, 1.807) is 0 Å². The van der Waals surface area contributed by atoms with Crippen LogP contribution < -0.4 is 4.74 Å². The zero-order valence-corrected chi connectivity index (χ0v) is 15.6. The summed E-state index contributed by atoms with van der Waals surface area (Å²) in [5, 5.41) is 13.7. The van der Waals surface area contributed by atoms with Gasteiger partial charge in [-0.25, -0.2) is 0 Å². The Morgan fingerprint density at radius 2 is 2.08 bits per heavy atom. The summed E-state index contributed by atoms with van der Waals surface area (Å²) in [7, 11) is 0. The monoisotopic (exact) mass is 343 g/mol. The van der Waals surface area contributed by atoms with Gasteiger partial charge in [-0.1, -0.05) is 13.0 Å². The highest BCUT2D eigenvalue weighted by molar-refractivity contribution is 5.37. The van der Waals surface area contributed by atoms with Crippen LogP contribution in [0.2, 0.25) is 0 Å². The van der Waals surface area contributed by atoms with E-state index in [-0.39, 0.29) is 6.61 Å². The number of hydrogen-bond donors (Lipinski definition) is 1. The number of fused-ring (bicyclic) bond motifs is 1. The number of aliphatic hydroxyl groups is 1. The molecule has 3 rings (SSSR count). The Kier molecular flexibility index (Phi) is 5.76. The number of ether oxygens (including phenoxy) is 1. The Morgan fingerprint density at radius 1 is 1.24 bits per heavy atom. The SMILES string of the molecule is CCCOc1ccc2c(c1)CCN(Cc1c(C)nn(CCO)c1C)C2. The first-order valence-corrected chi connectivity index (χ1v) is 9.23. The zero-order chi connectivity index (χ0) is 17.8. The molecule has 0 aliphatic carbocycles. The molecule has 0 atom stereocenters. The molecule has 1 N–H and O–H groups in total. The Hall–Kier alpha value is -1.85. The predicted octanol–water partition coefficient (Wildman–Crippen LogP) is 2.84. The number of benzene rings is 1. The summed E-state index contributed by atoms with van der Waals surface area (Å²) in [4.78, 5) is 2.48. The summed E-state index contributed by atoms with van der Waals surface area (Å²) < 4.78 is 7.67. The van der Waals surface area contributed by atoms with E-state index in [4.69, 9.17) is 9.84 Å². The van der Waals surface area contributed by atoms with Gasteiger partial charge >= 0.3 is 0 Å². The lowest BCUT2D eigenvalue weighted by Crippen LogP contribution is -2.30. The Balaban J connectivity index is 1.69. The van der Waals surface area contributed by atoms with Crippen molar-refractivity contribution in [1.82, 2.24) is 14.7 Å². The third kappa shape index (κ3) is 4.05. The van der Waals surface area contributed by atoms with Gasteiger partial charge in [-0.05, 0) is 49.9 Å². The first-order valence-electron chi connectivity index (χ1n) is 9.23. The summed E-state index contributed by atoms with van der Waals surface area (Å²) in [6.45, 7) is 10.7. The maximum atomic E-state index is 9.17. The fourth-order valence-electron chi connectivity index (χ4n) is 3.53. The van der Waals surface area contributed by atoms with Crippen molar-refractivity contribution in [2.24, 2.45) is 0 Å². The maximum absolute atomic E-state index is 9.17. The quantitative estimate of drug-likeness (QED) is 0.840. The minimum Gasteiger partial charge on any atom is -0.494 e. The lowest BCUT2D eigenvalue weighted by molar-refractivity contribution is 0.243. The van der Waals surface area contributed by atoms with Crippen LogP contribution in [0.5, 0.6) is 5.75 Å². The van der Waals surface area contributed by atoms with Crippen molar-refractivity contribution in [2.75, 3.05) is 19.8 Å². The van der Waals surface area contributed by atoms with Crippen molar-refractivity contribution in [2.45, 2.75) is 53.2 Å². The minimum atomic E-state index is 0.126. The molecule has 136 valence electrons. The molecule has 2 aromatic rings. The first kappa shape index (κ1) is 18.0. The van der Waals surface area contributed by atoms with Crippen LogP contribution >= 0.6 is 0 Å². The minimum absolute atomic E-state index is 0.126. The lowest BCUT2D eigenvalue weighted by Gasteiger charge is -2.29. The summed E-state index contributed by atoms with van der Waals surface area (Å²) in [6, 6.07) is 6.51. The molecule has 5 heteroatoms. The van der Waals surface area contributed by atoms with Gasteiger partial charge in [0.1, 0.15) is 5.75 Å². The molecule has 1 aromatic heterocycles. The molecular formula is C20H29N3O2. The molecular weight excluding hydrogens is 314 g/mol. The average molecular weight is 343 g/mol. The van der Waals surface area contributed by atoms with Crippen LogP contribution in [0.15, 0.2) is 18.2 Å². The number of rotatable bonds is 7. The van der Waals surface area contributed by atoms with Gasteiger partial charge < -0.3 is 9.84 Å². The molecule has 0 radical (unpaired) electrons. The van der Waals surface area contributed by atoms with Crippen LogP contribution in [0, 0.1) is 13.8 Å². The second-order valence-corrected chi connectivity index (χ2v) is 6.84. The number of nitrogens with zero attached hydrogens (tertiary/aromatic N) is 3. The molecule has 0 spiro atoms. The maximum Gasteiger partial charge on any atom is 0.119 e. The standard InChI is InChI=1S/C20H29N3O2/c1-4-11-25-19-6-5-18-13-22(8-7-17(18)12-19)14-20-15(2)21-23(9-10-24)16(20)3/h5-6,12,24H,4,7-11,13-14H2,1-3H3. The number of aryl methyl sites for hydroxylation is 1. The summed E-state index contributed by atoms with van der Waals surface area (Å²) in [5.41, 5.74) is 6.34. The van der Waals surface area contributed by atoms with Crippen LogP contribution in [0.1, 0.15) is 41.4 Å². The van der Waals surface area contributed by atoms with Crippen molar-refractivity contribution in [3.63, 3.8) is 0 Å². The van der Waals surface area contributed by atoms with Gasteiger partial charge in [0, 0.05) is 30.9 Å². The molecule has 1 aliphatic rings. The van der Waals surface area contributed by atoms with E-state index in [0.29, 0.717) is 6.54 Å². The van der Waals surface area contributed by atoms with Gasteiger partial charge in [0.05, 0.1) is 25.5 Å². The molecule has 2 heterocycles. The number of aliphatic hydroxyl groups excluding tert-OH is 1. The molecule has 0 unspecified atom stereocenters. The van der Waals surface area contributed by atoms with E-state index >= 15 is 0 Å². The highest BCUT2D eigenvalue weighted by Gasteiger charge is 2.20. The Labute approximate surface area is 150 Å². The van der Waals surface area contributed by atoms with Gasteiger partial charge in [-0.3, -0.25) is 9.58 Å². The second-order valence-electron chi connectivity index (χ2n) is 6.84. The van der Waals surface area contributed by atoms with Gasteiger partial charge in [-0.15, -0.1) is 0 Å². The molecule has 0 saturated heterocycles. The van der Waals surface area contributed by atoms with E-state index < -0.39 is 0 Å². The molecule has 1 aromatic carbocycles. The number of aromatic nitrogens is 2. The Bertz CT molecular complexity index is 724. The third-order valence-corrected chi connectivity index (χ3v) is 4.97. The van der Waals surface area contributed by atoms with Crippen LogP contribution in [0.25, 0.3) is 0 Å². The predicted molar refractivity (Wildman–Crippen MR) is 98.8 cm³/mol. The zero-order valence-electron chi connectivity index (χ0n) is 15.6. The Morgan fingerprint density at radius 3 is 2.84 bits per heavy atom. The van der Waals surface area contributed by atoms with Crippen LogP contribution in [-0.2, 0) is 26.1 Å². The van der Waals surface area contributed by atoms with E-state index in [1.165, 1.54) is 22.4 Å². The fraction of sp³-hybridized carbons (Fsp3) is 0.550. The topological polar surface area (TPSA) is 50.5 Å². The van der Waals surface area contributed by atoms with Crippen LogP contribution in [0.4, 0.5) is 0 Å². The van der Waals surface area contributed by atoms with E-state index in [1.807, 2.05) is 4.68 Å². The molecule has 0 amide bonds. The summed E-state index contributed by atoms with van der Waals surface area (Å²) in [6.07, 6.45) is 2.09. The van der Waals surface area contributed by atoms with Crippen molar-refractivity contribution in [3.8, 4) is 5.75 Å². The largest absolute Gasteiger partial charge is 0.494 e. The lowest BCUT2D eigenvalue weighted by atomic mass is 9.99. The van der Waals surface area contributed by atoms with Gasteiger partial charge in [0.25, 0.3) is 0 Å². The first-order chi connectivity index (χ1) is 12.1. The average Bonchev–Trinajstić information content (AvgIpc) is 2.88. The normalized spacial score (nSPS) is 14.6. The molecule has 0 saturated carbocycles. The fourth-order valence-corrected chi connectivity index (χ4v) is 3.53. The van der Waals surface area contributed by atoms with Crippen LogP contribution in [0.3, 0.4) is 0 Å². The van der Waals surface area contributed by atoms with Crippen LogP contribution in [-0.4, -0.2) is 39.5 Å². The molecule has 1 aliphatic heterocycles. The van der Waals surface area contributed by atoms with E-state index in [0.717, 1.165) is 50.5 Å². The van der Waals surface area contributed by atoms with E-state index in [2.05, 4.69) is 49.0 Å². The summed E-state index contributed by atoms with van der Waals surface area (Å²) in [5.74, 6) is 0.992. The van der Waals surface area contributed by atoms with Crippen molar-refractivity contribution < 1.29 is 9.84 Å². The van der Waals surface area contributed by atoms with Crippen molar-refractivity contribution in [3.05, 3.63) is 46.3 Å². The smallest absolute Gasteiger partial charge is 0.119 e. The third-order valence-electron chi connectivity index (χ3n) is 4.97. The van der Waals surface area contributed by atoms with Crippen molar-refractivity contribution >= 4 is 0 Å². The highest BCUT2D eigenvalue weighted by Crippen LogP contribution is 2.26. The second kappa shape index (κ2) is 8.02. The molecule has 0 fully saturated rings. The number of hydrogen-bond acceptors (Lipinski definition) is 4. The summed E-state index contributed by atoms with van der Waals surface area (Å²) >= 11 is 0.